The maximum Gasteiger partial charge on any atom is 0.367 e. The highest BCUT2D eigenvalue weighted by Crippen LogP contribution is 2.11. The average molecular weight is 336 g/mol. The molecule has 0 amide bonds. The van der Waals surface area contributed by atoms with E-state index >= 15 is 0 Å². The number of esters is 1. The molecular weight excluding hydrogens is 310 g/mol. The second-order valence-corrected chi connectivity index (χ2v) is 5.48. The van der Waals surface area contributed by atoms with Gasteiger partial charge in [-0.3, -0.25) is 0 Å². The molecule has 6 nitrogen and oxygen atoms in total. The van der Waals surface area contributed by atoms with Crippen LogP contribution in [0.1, 0.15) is 13.8 Å². The maximum absolute atomic E-state index is 11.7. The van der Waals surface area contributed by atoms with Gasteiger partial charge in [-0.05, 0) is 13.8 Å². The highest BCUT2D eigenvalue weighted by molar-refractivity contribution is 5.74. The number of carbonyl (C=O) groups excluding carboxylic acids is 1. The van der Waals surface area contributed by atoms with Crippen molar-refractivity contribution >= 4 is 5.97 Å². The van der Waals surface area contributed by atoms with Crippen molar-refractivity contribution in [3.63, 3.8) is 0 Å². The van der Waals surface area contributed by atoms with Gasteiger partial charge in [0.2, 0.25) is 6.04 Å². The zero-order chi connectivity index (χ0) is 15.8. The van der Waals surface area contributed by atoms with Gasteiger partial charge in [0.25, 0.3) is 0 Å². The summed E-state index contributed by atoms with van der Waals surface area (Å²) in [6.45, 7) is 12.8. The van der Waals surface area contributed by atoms with Crippen molar-refractivity contribution in [1.29, 1.82) is 0 Å². The fourth-order valence-electron chi connectivity index (χ4n) is 1.70. The number of rotatable bonds is 6. The van der Waals surface area contributed by atoms with Gasteiger partial charge in [-0.15, -0.1) is 0 Å². The van der Waals surface area contributed by atoms with Gasteiger partial charge in [-0.25, -0.2) is 4.79 Å². The summed E-state index contributed by atoms with van der Waals surface area (Å²) in [4.78, 5) is 11.7. The number of halogens is 1. The van der Waals surface area contributed by atoms with Crippen LogP contribution in [0.15, 0.2) is 24.3 Å². The van der Waals surface area contributed by atoms with Crippen LogP contribution in [-0.4, -0.2) is 57.3 Å². The number of quaternary nitrogens is 1. The molecule has 0 aromatic carbocycles. The number of ether oxygens (including phenoxy) is 4. The van der Waals surface area contributed by atoms with Crippen molar-refractivity contribution in [1.82, 2.24) is 0 Å². The lowest BCUT2D eigenvalue weighted by Gasteiger charge is -2.26. The van der Waals surface area contributed by atoms with Crippen molar-refractivity contribution < 1.29 is 41.9 Å². The number of hydrogen-bond donors (Lipinski definition) is 1. The van der Waals surface area contributed by atoms with E-state index in [0.717, 1.165) is 11.1 Å². The van der Waals surface area contributed by atoms with E-state index in [2.05, 4.69) is 18.9 Å². The smallest absolute Gasteiger partial charge is 0.367 e. The van der Waals surface area contributed by atoms with E-state index in [-0.39, 0.29) is 37.7 Å². The summed E-state index contributed by atoms with van der Waals surface area (Å²) < 4.78 is 22.2. The van der Waals surface area contributed by atoms with Gasteiger partial charge in [-0.1, -0.05) is 24.3 Å². The molecule has 0 aromatic rings. The largest absolute Gasteiger partial charge is 1.00 e. The Hall–Kier alpha value is -0.920. The lowest BCUT2D eigenvalue weighted by molar-refractivity contribution is -0.415. The molecule has 128 valence electrons. The van der Waals surface area contributed by atoms with E-state index in [1.807, 2.05) is 13.8 Å². The van der Waals surface area contributed by atoms with E-state index in [1.54, 1.807) is 0 Å². The van der Waals surface area contributed by atoms with E-state index in [0.29, 0.717) is 19.8 Å². The molecule has 1 aliphatic heterocycles. The Morgan fingerprint density at radius 2 is 1.64 bits per heavy atom. The molecule has 1 saturated heterocycles. The van der Waals surface area contributed by atoms with Gasteiger partial charge in [0.15, 0.2) is 0 Å². The molecule has 1 fully saturated rings. The molecule has 3 N–H and O–H groups in total. The summed E-state index contributed by atoms with van der Waals surface area (Å²) in [6, 6.07) is -0.535. The fourth-order valence-corrected chi connectivity index (χ4v) is 1.70. The summed E-state index contributed by atoms with van der Waals surface area (Å²) in [5, 5.41) is 0. The van der Waals surface area contributed by atoms with Crippen LogP contribution in [0.4, 0.5) is 0 Å². The molecule has 0 saturated carbocycles. The lowest BCUT2D eigenvalue weighted by atomic mass is 10.2. The summed E-state index contributed by atoms with van der Waals surface area (Å²) in [5.41, 5.74) is 5.50. The Morgan fingerprint density at radius 1 is 1.14 bits per heavy atom. The average Bonchev–Trinajstić information content (AvgIpc) is 2.47. The van der Waals surface area contributed by atoms with E-state index < -0.39 is 12.1 Å². The Bertz CT molecular complexity index is 388. The van der Waals surface area contributed by atoms with Crippen LogP contribution >= 0.6 is 0 Å². The van der Waals surface area contributed by atoms with E-state index in [1.165, 1.54) is 0 Å². The third kappa shape index (κ3) is 7.91. The molecule has 0 radical (unpaired) electrons. The highest BCUT2D eigenvalue weighted by Gasteiger charge is 2.30. The minimum Gasteiger partial charge on any atom is -1.00 e. The number of carbonyl (C=O) groups is 1. The first kappa shape index (κ1) is 21.1. The van der Waals surface area contributed by atoms with Gasteiger partial charge in [0.05, 0.1) is 19.8 Å². The molecule has 0 unspecified atom stereocenters. The number of hydrogen-bond acceptors (Lipinski definition) is 5. The van der Waals surface area contributed by atoms with Gasteiger partial charge >= 0.3 is 5.97 Å². The summed E-state index contributed by atoms with van der Waals surface area (Å²) in [7, 11) is 0. The molecule has 3 atom stereocenters. The zero-order valence-electron chi connectivity index (χ0n) is 13.3. The second kappa shape index (κ2) is 10.7. The normalized spacial score (nSPS) is 26.0. The molecule has 22 heavy (non-hydrogen) atoms. The lowest BCUT2D eigenvalue weighted by Crippen LogP contribution is -3.00. The second-order valence-electron chi connectivity index (χ2n) is 5.48. The third-order valence-corrected chi connectivity index (χ3v) is 2.83. The van der Waals surface area contributed by atoms with E-state index in [9.17, 15) is 4.79 Å². The molecule has 1 aliphatic rings. The van der Waals surface area contributed by atoms with Gasteiger partial charge < -0.3 is 37.1 Å². The van der Waals surface area contributed by atoms with Crippen LogP contribution < -0.4 is 18.1 Å². The minimum absolute atomic E-state index is 0. The third-order valence-electron chi connectivity index (χ3n) is 2.83. The molecule has 0 spiro atoms. The molecule has 0 aliphatic carbocycles. The fraction of sp³-hybridized carbons (Fsp3) is 0.667. The van der Waals surface area contributed by atoms with Crippen LogP contribution in [0, 0.1) is 0 Å². The Morgan fingerprint density at radius 3 is 2.14 bits per heavy atom. The summed E-state index contributed by atoms with van der Waals surface area (Å²) in [6.07, 6.45) is -0.741. The van der Waals surface area contributed by atoms with Gasteiger partial charge in [0.1, 0.15) is 25.4 Å². The first-order valence-electron chi connectivity index (χ1n) is 6.99. The van der Waals surface area contributed by atoms with Crippen molar-refractivity contribution in [3.05, 3.63) is 24.3 Å². The topological polar surface area (TPSA) is 81.6 Å². The standard InChI is InChI=1S/C15H25NO5.ClH/c1-10(2)5-19-13-8-18-7-12(16)15(17)21-9-14(13)20-6-11(3)4;/h12-14H,1,3,5-9,16H2,2,4H3;1H/t12-,13+,14+;/m1./s1. The first-order valence-corrected chi connectivity index (χ1v) is 6.99. The predicted octanol–water partition coefficient (Wildman–Crippen LogP) is -2.90. The summed E-state index contributed by atoms with van der Waals surface area (Å²) in [5.74, 6) is -0.389. The quantitative estimate of drug-likeness (QED) is 0.416. The van der Waals surface area contributed by atoms with Crippen molar-refractivity contribution in [2.75, 3.05) is 33.0 Å². The summed E-state index contributed by atoms with van der Waals surface area (Å²) >= 11 is 0. The number of cyclic esters (lactones) is 1. The molecule has 1 heterocycles. The van der Waals surface area contributed by atoms with Gasteiger partial charge in [-0.2, -0.15) is 0 Å². The van der Waals surface area contributed by atoms with Crippen LogP contribution in [0.5, 0.6) is 0 Å². The minimum atomic E-state index is -0.535. The van der Waals surface area contributed by atoms with Crippen LogP contribution in [0.3, 0.4) is 0 Å². The Labute approximate surface area is 138 Å². The van der Waals surface area contributed by atoms with Crippen molar-refractivity contribution in [3.8, 4) is 0 Å². The monoisotopic (exact) mass is 335 g/mol. The first-order chi connectivity index (χ1) is 9.90. The molecule has 0 bridgehead atoms. The van der Waals surface area contributed by atoms with Crippen molar-refractivity contribution in [2.45, 2.75) is 32.1 Å². The highest BCUT2D eigenvalue weighted by atomic mass is 35.5. The Kier molecular flexibility index (Phi) is 10.3. The maximum atomic E-state index is 11.7. The van der Waals surface area contributed by atoms with Crippen LogP contribution in [0.25, 0.3) is 0 Å². The SMILES string of the molecule is C=C(C)CO[C@H]1COC[C@@H]([NH3+])C(=O)OC[C@@H]1OCC(=C)C.[Cl-]. The molecule has 1 rings (SSSR count). The molecular formula is C15H26ClNO5. The predicted molar refractivity (Wildman–Crippen MR) is 77.6 cm³/mol. The zero-order valence-corrected chi connectivity index (χ0v) is 14.1. The van der Waals surface area contributed by atoms with Gasteiger partial charge in [0, 0.05) is 0 Å². The van der Waals surface area contributed by atoms with E-state index in [4.69, 9.17) is 18.9 Å². The molecule has 7 heteroatoms. The Balaban J connectivity index is 0.00000441. The van der Waals surface area contributed by atoms with Crippen molar-refractivity contribution in [2.24, 2.45) is 0 Å². The van der Waals surface area contributed by atoms with Crippen LogP contribution in [-0.2, 0) is 23.7 Å². The van der Waals surface area contributed by atoms with Crippen LogP contribution in [0.2, 0.25) is 0 Å². The molecule has 0 aromatic heterocycles.